The largest absolute Gasteiger partial charge is 0.444 e. The molecule has 0 aliphatic heterocycles. The van der Waals surface area contributed by atoms with Crippen molar-refractivity contribution in [3.8, 4) is 0 Å². The summed E-state index contributed by atoms with van der Waals surface area (Å²) in [6.07, 6.45) is 3.60. The maximum Gasteiger partial charge on any atom is 0.207 e. The Bertz CT molecular complexity index is 527. The third kappa shape index (κ3) is 3.05. The number of aromatic nitrogens is 2. The van der Waals surface area contributed by atoms with Gasteiger partial charge in [-0.05, 0) is 6.92 Å². The van der Waals surface area contributed by atoms with Crippen LogP contribution < -0.4 is 5.73 Å². The Balaban J connectivity index is 2.09. The highest BCUT2D eigenvalue weighted by Gasteiger charge is 2.22. The third-order valence-electron chi connectivity index (χ3n) is 2.41. The fourth-order valence-electron chi connectivity index (χ4n) is 1.37. The van der Waals surface area contributed by atoms with Gasteiger partial charge in [-0.1, -0.05) is 32.1 Å². The molecule has 0 amide bonds. The lowest BCUT2D eigenvalue weighted by Crippen LogP contribution is -2.09. The average molecular weight is 283 g/mol. The number of rotatable bonds is 3. The average Bonchev–Trinajstić information content (AvgIpc) is 2.85. The van der Waals surface area contributed by atoms with Crippen molar-refractivity contribution in [2.75, 3.05) is 5.73 Å². The first kappa shape index (κ1) is 13.4. The molecule has 0 bridgehead atoms. The van der Waals surface area contributed by atoms with Gasteiger partial charge in [-0.25, -0.2) is 9.97 Å². The van der Waals surface area contributed by atoms with E-state index in [2.05, 4.69) is 37.7 Å². The minimum absolute atomic E-state index is 0.00937. The maximum absolute atomic E-state index is 5.81. The molecule has 0 radical (unpaired) electrons. The van der Waals surface area contributed by atoms with Gasteiger partial charge in [0.25, 0.3) is 0 Å². The Labute approximate surface area is 115 Å². The third-order valence-corrected chi connectivity index (χ3v) is 4.46. The van der Waals surface area contributed by atoms with Gasteiger partial charge in [-0.2, -0.15) is 0 Å². The first-order chi connectivity index (χ1) is 8.36. The molecule has 1 atom stereocenters. The summed E-state index contributed by atoms with van der Waals surface area (Å²) in [5, 5.41) is 0.744. The summed E-state index contributed by atoms with van der Waals surface area (Å²) in [5.74, 6) is 1.66. The molecule has 0 saturated carbocycles. The van der Waals surface area contributed by atoms with Crippen LogP contribution in [0.3, 0.4) is 0 Å². The molecule has 0 aromatic carbocycles. The van der Waals surface area contributed by atoms with Gasteiger partial charge in [0.05, 0.1) is 21.9 Å². The molecule has 1 unspecified atom stereocenters. The highest BCUT2D eigenvalue weighted by molar-refractivity contribution is 8.01. The Morgan fingerprint density at radius 3 is 2.56 bits per heavy atom. The molecule has 6 heteroatoms. The van der Waals surface area contributed by atoms with Crippen molar-refractivity contribution in [2.24, 2.45) is 0 Å². The van der Waals surface area contributed by atoms with Crippen LogP contribution in [0.1, 0.15) is 44.6 Å². The van der Waals surface area contributed by atoms with Gasteiger partial charge in [0.2, 0.25) is 5.89 Å². The van der Waals surface area contributed by atoms with E-state index in [1.165, 1.54) is 11.3 Å². The number of hydrogen-bond donors (Lipinski definition) is 1. The topological polar surface area (TPSA) is 64.9 Å². The zero-order valence-electron chi connectivity index (χ0n) is 10.9. The summed E-state index contributed by atoms with van der Waals surface area (Å²) in [7, 11) is 0. The number of nitrogens with zero attached hydrogens (tertiary/aromatic N) is 2. The lowest BCUT2D eigenvalue weighted by Gasteiger charge is -2.13. The van der Waals surface area contributed by atoms with Crippen LogP contribution in [0.15, 0.2) is 21.0 Å². The number of oxazole rings is 1. The lowest BCUT2D eigenvalue weighted by atomic mass is 9.94. The van der Waals surface area contributed by atoms with Crippen molar-refractivity contribution in [1.29, 1.82) is 0 Å². The minimum atomic E-state index is -0.00937. The standard InChI is InChI=1S/C12H17N3OS2/c1-7(17-9-6-15-11(13)18-9)10-14-5-8(16-10)12(2,3)4/h5-7H,1-4H3,(H2,13,15). The van der Waals surface area contributed by atoms with E-state index in [9.17, 15) is 0 Å². The van der Waals surface area contributed by atoms with Gasteiger partial charge in [0, 0.05) is 5.41 Å². The quantitative estimate of drug-likeness (QED) is 0.866. The second-order valence-corrected chi connectivity index (χ2v) is 7.79. The van der Waals surface area contributed by atoms with Crippen molar-refractivity contribution in [1.82, 2.24) is 9.97 Å². The Morgan fingerprint density at radius 1 is 1.33 bits per heavy atom. The van der Waals surface area contributed by atoms with Crippen molar-refractivity contribution < 1.29 is 4.42 Å². The normalized spacial score (nSPS) is 13.8. The zero-order valence-corrected chi connectivity index (χ0v) is 12.6. The van der Waals surface area contributed by atoms with Crippen LogP contribution in [0.2, 0.25) is 0 Å². The van der Waals surface area contributed by atoms with Gasteiger partial charge in [-0.15, -0.1) is 11.8 Å². The number of nitrogens with two attached hydrogens (primary N) is 1. The van der Waals surface area contributed by atoms with E-state index in [4.69, 9.17) is 10.2 Å². The smallest absolute Gasteiger partial charge is 0.207 e. The van der Waals surface area contributed by atoms with Crippen LogP contribution in [0.25, 0.3) is 0 Å². The second kappa shape index (κ2) is 4.93. The van der Waals surface area contributed by atoms with E-state index in [1.807, 2.05) is 6.20 Å². The first-order valence-electron chi connectivity index (χ1n) is 5.70. The number of nitrogen functional groups attached to an aromatic ring is 1. The molecule has 2 aromatic heterocycles. The number of thiazole rings is 1. The first-order valence-corrected chi connectivity index (χ1v) is 7.40. The SMILES string of the molecule is CC(Sc1cnc(N)s1)c1ncc(C(C)(C)C)o1. The van der Waals surface area contributed by atoms with Crippen molar-refractivity contribution in [3.63, 3.8) is 0 Å². The summed E-state index contributed by atoms with van der Waals surface area (Å²) in [6.45, 7) is 8.40. The maximum atomic E-state index is 5.81. The predicted octanol–water partition coefficient (Wildman–Crippen LogP) is 3.86. The molecule has 2 aromatic rings. The molecule has 2 N–H and O–H groups in total. The molecule has 18 heavy (non-hydrogen) atoms. The Kier molecular flexibility index (Phi) is 3.68. The fraction of sp³-hybridized carbons (Fsp3) is 0.500. The van der Waals surface area contributed by atoms with Crippen molar-refractivity contribution in [3.05, 3.63) is 24.0 Å². The van der Waals surface area contributed by atoms with Crippen LogP contribution in [-0.2, 0) is 5.41 Å². The summed E-state index contributed by atoms with van der Waals surface area (Å²) in [5.41, 5.74) is 5.60. The molecule has 0 aliphatic rings. The molecule has 0 spiro atoms. The lowest BCUT2D eigenvalue weighted by molar-refractivity contribution is 0.383. The summed E-state index contributed by atoms with van der Waals surface area (Å²) >= 11 is 3.14. The van der Waals surface area contributed by atoms with Crippen LogP contribution in [0, 0.1) is 0 Å². The number of hydrogen-bond acceptors (Lipinski definition) is 6. The van der Waals surface area contributed by atoms with Crippen LogP contribution in [0.4, 0.5) is 5.13 Å². The van der Waals surface area contributed by atoms with Gasteiger partial charge >= 0.3 is 0 Å². The minimum Gasteiger partial charge on any atom is -0.444 e. The molecule has 2 heterocycles. The van der Waals surface area contributed by atoms with Crippen LogP contribution in [-0.4, -0.2) is 9.97 Å². The molecule has 0 saturated heterocycles. The Hall–Kier alpha value is -1.01. The van der Waals surface area contributed by atoms with E-state index in [-0.39, 0.29) is 10.7 Å². The Morgan fingerprint density at radius 2 is 2.06 bits per heavy atom. The summed E-state index contributed by atoms with van der Waals surface area (Å²) in [4.78, 5) is 8.38. The molecule has 98 valence electrons. The molecular weight excluding hydrogens is 266 g/mol. The number of thioether (sulfide) groups is 1. The van der Waals surface area contributed by atoms with Gasteiger partial charge in [0.15, 0.2) is 5.13 Å². The van der Waals surface area contributed by atoms with Crippen molar-refractivity contribution >= 4 is 28.2 Å². The zero-order chi connectivity index (χ0) is 13.3. The molecule has 0 aliphatic carbocycles. The summed E-state index contributed by atoms with van der Waals surface area (Å²) < 4.78 is 6.89. The second-order valence-electron chi connectivity index (χ2n) is 5.09. The monoisotopic (exact) mass is 283 g/mol. The predicted molar refractivity (Wildman–Crippen MR) is 76.0 cm³/mol. The molecule has 4 nitrogen and oxygen atoms in total. The van der Waals surface area contributed by atoms with Crippen molar-refractivity contribution in [2.45, 2.75) is 42.6 Å². The van der Waals surface area contributed by atoms with E-state index >= 15 is 0 Å². The molecule has 0 fully saturated rings. The number of anilines is 1. The molecule has 2 rings (SSSR count). The fourth-order valence-corrected chi connectivity index (χ4v) is 3.34. The van der Waals surface area contributed by atoms with Gasteiger partial charge < -0.3 is 10.2 Å². The van der Waals surface area contributed by atoms with Crippen LogP contribution >= 0.6 is 23.1 Å². The summed E-state index contributed by atoms with van der Waals surface area (Å²) in [6, 6.07) is 0. The van der Waals surface area contributed by atoms with Gasteiger partial charge in [0.1, 0.15) is 5.76 Å². The highest BCUT2D eigenvalue weighted by Crippen LogP contribution is 2.38. The molecular formula is C12H17N3OS2. The van der Waals surface area contributed by atoms with E-state index < -0.39 is 0 Å². The highest BCUT2D eigenvalue weighted by atomic mass is 32.2. The van der Waals surface area contributed by atoms with Crippen LogP contribution in [0.5, 0.6) is 0 Å². The van der Waals surface area contributed by atoms with E-state index in [0.29, 0.717) is 5.13 Å². The van der Waals surface area contributed by atoms with E-state index in [0.717, 1.165) is 15.9 Å². The van der Waals surface area contributed by atoms with Gasteiger partial charge in [-0.3, -0.25) is 0 Å². The van der Waals surface area contributed by atoms with E-state index in [1.54, 1.807) is 18.0 Å².